The van der Waals surface area contributed by atoms with E-state index in [0.717, 1.165) is 0 Å². The number of phenolic OH excluding ortho intramolecular Hbond substituents is 1. The van der Waals surface area contributed by atoms with Gasteiger partial charge in [0, 0.05) is 30.0 Å². The van der Waals surface area contributed by atoms with Crippen LogP contribution in [0.4, 0.5) is 4.79 Å². The minimum atomic E-state index is -1.46. The van der Waals surface area contributed by atoms with E-state index in [1.54, 1.807) is 6.92 Å². The molecule has 162 valence electrons. The second kappa shape index (κ2) is 9.97. The van der Waals surface area contributed by atoms with Gasteiger partial charge >= 0.3 is 11.7 Å². The molecule has 0 radical (unpaired) electrons. The number of carbonyl (C=O) groups is 3. The van der Waals surface area contributed by atoms with E-state index in [4.69, 9.17) is 21.8 Å². The molecule has 2 aromatic rings. The summed E-state index contributed by atoms with van der Waals surface area (Å²) >= 11 is 5.91. The first kappa shape index (κ1) is 23.0. The quantitative estimate of drug-likeness (QED) is 0.316. The van der Waals surface area contributed by atoms with E-state index < -0.39 is 29.6 Å². The maximum absolute atomic E-state index is 12.3. The van der Waals surface area contributed by atoms with Crippen LogP contribution in [-0.2, 0) is 16.0 Å². The average molecular weight is 439 g/mol. The van der Waals surface area contributed by atoms with Crippen molar-refractivity contribution in [3.8, 4) is 5.75 Å². The van der Waals surface area contributed by atoms with Gasteiger partial charge in [-0.25, -0.2) is 9.59 Å². The molecule has 0 bridgehead atoms. The number of benzene rings is 1. The van der Waals surface area contributed by atoms with E-state index in [-0.39, 0.29) is 54.1 Å². The molecule has 1 atom stereocenters. The number of primary amides is 1. The molecule has 0 aliphatic rings. The van der Waals surface area contributed by atoms with Crippen LogP contribution in [0, 0.1) is 6.92 Å². The third-order valence-electron chi connectivity index (χ3n) is 4.55. The number of aliphatic carboxylic acids is 1. The molecule has 1 heterocycles. The second-order valence-corrected chi connectivity index (χ2v) is 7.07. The number of rotatable bonds is 9. The highest BCUT2D eigenvalue weighted by molar-refractivity contribution is 6.32. The lowest BCUT2D eigenvalue weighted by Gasteiger charge is -2.19. The summed E-state index contributed by atoms with van der Waals surface area (Å²) in [5, 5.41) is 26.1. The van der Waals surface area contributed by atoms with Crippen molar-refractivity contribution in [2.24, 2.45) is 5.73 Å². The number of nitrogens with one attached hydrogen (secondary N) is 2. The molecular formula is C19H21ClN3O7-. The fraction of sp³-hybridized carbons (Fsp3) is 0.368. The van der Waals surface area contributed by atoms with E-state index in [2.05, 4.69) is 10.6 Å². The first-order valence-corrected chi connectivity index (χ1v) is 9.46. The first-order valence-electron chi connectivity index (χ1n) is 9.08. The monoisotopic (exact) mass is 438 g/mol. The highest BCUT2D eigenvalue weighted by atomic mass is 35.5. The zero-order valence-electron chi connectivity index (χ0n) is 16.1. The molecule has 10 nitrogen and oxygen atoms in total. The molecule has 5 N–H and O–H groups in total. The molecule has 0 unspecified atom stereocenters. The Morgan fingerprint density at radius 3 is 2.67 bits per heavy atom. The number of halogens is 1. The SMILES string of the molecule is Cc1c(CCC(=O)N[C@@H](CCCNC(N)=O)C(=O)[O-])c(=O)oc2cc(O)c(Cl)cc12. The number of amides is 3. The minimum Gasteiger partial charge on any atom is -0.548 e. The summed E-state index contributed by atoms with van der Waals surface area (Å²) in [4.78, 5) is 46.3. The maximum Gasteiger partial charge on any atom is 0.339 e. The largest absolute Gasteiger partial charge is 0.548 e. The van der Waals surface area contributed by atoms with Crippen molar-refractivity contribution in [2.45, 2.75) is 38.6 Å². The summed E-state index contributed by atoms with van der Waals surface area (Å²) in [6, 6.07) is 0.716. The molecule has 0 saturated carbocycles. The van der Waals surface area contributed by atoms with Gasteiger partial charge in [-0.1, -0.05) is 11.6 Å². The standard InChI is InChI=1S/C19H22ClN3O7/c1-9-10(18(28)30-15-8-14(24)12(20)7-11(9)15)4-5-16(25)23-13(17(26)27)3-2-6-22-19(21)29/h7-8,13,24H,2-6H2,1H3,(H,23,25)(H,26,27)(H3,21,22,29)/p-1/t13-/m0/s1. The predicted molar refractivity (Wildman–Crippen MR) is 106 cm³/mol. The molecule has 1 aromatic carbocycles. The zero-order valence-corrected chi connectivity index (χ0v) is 16.9. The van der Waals surface area contributed by atoms with Crippen LogP contribution in [0.15, 0.2) is 21.3 Å². The van der Waals surface area contributed by atoms with Crippen LogP contribution < -0.4 is 27.1 Å². The highest BCUT2D eigenvalue weighted by Crippen LogP contribution is 2.30. The number of hydrogen-bond acceptors (Lipinski definition) is 7. The van der Waals surface area contributed by atoms with Crippen LogP contribution in [0.3, 0.4) is 0 Å². The number of phenols is 1. The van der Waals surface area contributed by atoms with Crippen molar-refractivity contribution in [2.75, 3.05) is 6.54 Å². The Labute approximate surface area is 176 Å². The molecule has 0 spiro atoms. The molecule has 0 aliphatic carbocycles. The summed E-state index contributed by atoms with van der Waals surface area (Å²) in [7, 11) is 0. The summed E-state index contributed by atoms with van der Waals surface area (Å²) in [6.07, 6.45) is 0.153. The number of nitrogens with two attached hydrogens (primary N) is 1. The summed E-state index contributed by atoms with van der Waals surface area (Å²) in [5.74, 6) is -2.27. The van der Waals surface area contributed by atoms with Gasteiger partial charge in [0.05, 0.1) is 17.0 Å². The molecule has 11 heteroatoms. The van der Waals surface area contributed by atoms with Crippen molar-refractivity contribution in [1.29, 1.82) is 0 Å². The van der Waals surface area contributed by atoms with Gasteiger partial charge in [-0.3, -0.25) is 4.79 Å². The highest BCUT2D eigenvalue weighted by Gasteiger charge is 2.17. The van der Waals surface area contributed by atoms with Crippen molar-refractivity contribution in [1.82, 2.24) is 10.6 Å². The summed E-state index contributed by atoms with van der Waals surface area (Å²) < 4.78 is 5.19. The van der Waals surface area contributed by atoms with Gasteiger partial charge in [-0.05, 0) is 37.8 Å². The number of aromatic hydroxyl groups is 1. The summed E-state index contributed by atoms with van der Waals surface area (Å²) in [6.45, 7) is 1.82. The van der Waals surface area contributed by atoms with Gasteiger partial charge in [0.2, 0.25) is 5.91 Å². The van der Waals surface area contributed by atoms with Crippen molar-refractivity contribution < 1.29 is 29.0 Å². The molecule has 1 aromatic heterocycles. The molecular weight excluding hydrogens is 418 g/mol. The number of carboxylic acid groups (broad SMARTS) is 1. The Kier molecular flexibility index (Phi) is 7.65. The van der Waals surface area contributed by atoms with Crippen LogP contribution in [0.25, 0.3) is 11.0 Å². The minimum absolute atomic E-state index is 0.0113. The molecule has 0 aliphatic heterocycles. The van der Waals surface area contributed by atoms with Crippen LogP contribution in [0.2, 0.25) is 5.02 Å². The van der Waals surface area contributed by atoms with Crippen LogP contribution >= 0.6 is 11.6 Å². The Morgan fingerprint density at radius 1 is 1.33 bits per heavy atom. The van der Waals surface area contributed by atoms with Crippen molar-refractivity contribution >= 4 is 40.5 Å². The zero-order chi connectivity index (χ0) is 22.4. The molecule has 30 heavy (non-hydrogen) atoms. The van der Waals surface area contributed by atoms with Crippen LogP contribution in [0.1, 0.15) is 30.4 Å². The van der Waals surface area contributed by atoms with E-state index >= 15 is 0 Å². The predicted octanol–water partition coefficient (Wildman–Crippen LogP) is 0.0762. The van der Waals surface area contributed by atoms with Gasteiger partial charge in [0.1, 0.15) is 11.3 Å². The maximum atomic E-state index is 12.3. The third-order valence-corrected chi connectivity index (χ3v) is 4.85. The second-order valence-electron chi connectivity index (χ2n) is 6.67. The summed E-state index contributed by atoms with van der Waals surface area (Å²) in [5.41, 5.74) is 5.21. The van der Waals surface area contributed by atoms with E-state index in [1.165, 1.54) is 12.1 Å². The number of carbonyl (C=O) groups excluding carboxylic acids is 3. The van der Waals surface area contributed by atoms with Gasteiger partial charge in [-0.15, -0.1) is 0 Å². The lowest BCUT2D eigenvalue weighted by Crippen LogP contribution is -2.48. The molecule has 0 fully saturated rings. The van der Waals surface area contributed by atoms with Gasteiger partial charge in [-0.2, -0.15) is 0 Å². The van der Waals surface area contributed by atoms with E-state index in [9.17, 15) is 29.4 Å². The lowest BCUT2D eigenvalue weighted by molar-refractivity contribution is -0.308. The first-order chi connectivity index (χ1) is 14.1. The number of aryl methyl sites for hydroxylation is 1. The normalized spacial score (nSPS) is 11.8. The molecule has 0 saturated heterocycles. The average Bonchev–Trinajstić information content (AvgIpc) is 2.65. The number of urea groups is 1. The number of carboxylic acids is 1. The number of hydrogen-bond donors (Lipinski definition) is 4. The van der Waals surface area contributed by atoms with E-state index in [1.807, 2.05) is 0 Å². The Hall–Kier alpha value is -3.27. The fourth-order valence-corrected chi connectivity index (χ4v) is 3.12. The lowest BCUT2D eigenvalue weighted by atomic mass is 10.0. The van der Waals surface area contributed by atoms with Gasteiger partial charge in [0.15, 0.2) is 0 Å². The topological polar surface area (TPSA) is 175 Å². The fourth-order valence-electron chi connectivity index (χ4n) is 2.96. The molecule has 3 amide bonds. The van der Waals surface area contributed by atoms with Gasteiger partial charge in [0.25, 0.3) is 0 Å². The van der Waals surface area contributed by atoms with Gasteiger partial charge < -0.3 is 35.8 Å². The smallest absolute Gasteiger partial charge is 0.339 e. The van der Waals surface area contributed by atoms with Crippen LogP contribution in [0.5, 0.6) is 5.75 Å². The van der Waals surface area contributed by atoms with Crippen molar-refractivity contribution in [3.63, 3.8) is 0 Å². The van der Waals surface area contributed by atoms with Crippen molar-refractivity contribution in [3.05, 3.63) is 38.7 Å². The number of fused-ring (bicyclic) bond motifs is 1. The Balaban J connectivity index is 2.05. The molecule has 2 rings (SSSR count). The third kappa shape index (κ3) is 5.86. The van der Waals surface area contributed by atoms with Crippen LogP contribution in [-0.4, -0.2) is 35.6 Å². The Morgan fingerprint density at radius 2 is 2.03 bits per heavy atom. The van der Waals surface area contributed by atoms with E-state index in [0.29, 0.717) is 10.9 Å². The Bertz CT molecular complexity index is 1030.